The first-order chi connectivity index (χ1) is 9.19. The van der Waals surface area contributed by atoms with Crippen LogP contribution in [-0.4, -0.2) is 7.11 Å². The van der Waals surface area contributed by atoms with Crippen molar-refractivity contribution in [2.75, 3.05) is 12.4 Å². The Balaban J connectivity index is 2.01. The number of hydrogen-bond donors (Lipinski definition) is 1. The molecule has 0 saturated heterocycles. The lowest BCUT2D eigenvalue weighted by molar-refractivity contribution is 0.185. The monoisotopic (exact) mass is 263 g/mol. The van der Waals surface area contributed by atoms with Gasteiger partial charge in [0.2, 0.25) is 0 Å². The number of anilines is 1. The van der Waals surface area contributed by atoms with Crippen molar-refractivity contribution in [3.63, 3.8) is 0 Å². The Bertz CT molecular complexity index is 558. The molecule has 0 aliphatic rings. The molecule has 4 heteroatoms. The molecule has 2 aromatic rings. The van der Waals surface area contributed by atoms with E-state index in [4.69, 9.17) is 4.74 Å². The third-order valence-corrected chi connectivity index (χ3v) is 2.72. The highest BCUT2D eigenvalue weighted by molar-refractivity contribution is 5.44. The summed E-state index contributed by atoms with van der Waals surface area (Å²) in [6.45, 7) is 1.10. The van der Waals surface area contributed by atoms with Crippen LogP contribution in [0.4, 0.5) is 14.5 Å². The van der Waals surface area contributed by atoms with Gasteiger partial charge in [-0.25, -0.2) is 8.78 Å². The molecule has 0 bridgehead atoms. The largest absolute Gasteiger partial charge is 0.381 e. The van der Waals surface area contributed by atoms with Gasteiger partial charge in [0.1, 0.15) is 0 Å². The molecule has 2 nitrogen and oxygen atoms in total. The van der Waals surface area contributed by atoms with Gasteiger partial charge in [-0.15, -0.1) is 0 Å². The van der Waals surface area contributed by atoms with Gasteiger partial charge in [-0.3, -0.25) is 0 Å². The first-order valence-corrected chi connectivity index (χ1v) is 5.94. The number of nitrogens with one attached hydrogen (secondary N) is 1. The molecule has 2 aromatic carbocycles. The van der Waals surface area contributed by atoms with E-state index in [1.807, 2.05) is 24.3 Å². The number of rotatable bonds is 5. The predicted octanol–water partition coefficient (Wildman–Crippen LogP) is 3.72. The SMILES string of the molecule is COCc1cccc(CNc2ccc(F)c(F)c2)c1. The van der Waals surface area contributed by atoms with E-state index >= 15 is 0 Å². The molecule has 0 spiro atoms. The van der Waals surface area contributed by atoms with E-state index in [0.29, 0.717) is 18.8 Å². The van der Waals surface area contributed by atoms with Crippen LogP contribution in [0.2, 0.25) is 0 Å². The maximum absolute atomic E-state index is 13.0. The molecule has 0 heterocycles. The van der Waals surface area contributed by atoms with E-state index < -0.39 is 11.6 Å². The van der Waals surface area contributed by atoms with Crippen LogP contribution in [0, 0.1) is 11.6 Å². The quantitative estimate of drug-likeness (QED) is 0.887. The highest BCUT2D eigenvalue weighted by Gasteiger charge is 2.02. The predicted molar refractivity (Wildman–Crippen MR) is 70.8 cm³/mol. The number of benzene rings is 2. The number of ether oxygens (including phenoxy) is 1. The molecule has 100 valence electrons. The van der Waals surface area contributed by atoms with Crippen molar-refractivity contribution in [3.8, 4) is 0 Å². The van der Waals surface area contributed by atoms with E-state index in [9.17, 15) is 8.78 Å². The minimum absolute atomic E-state index is 0.544. The second kappa shape index (κ2) is 6.29. The van der Waals surface area contributed by atoms with E-state index in [2.05, 4.69) is 5.32 Å². The highest BCUT2D eigenvalue weighted by Crippen LogP contribution is 2.15. The maximum atomic E-state index is 13.0. The average Bonchev–Trinajstić information content (AvgIpc) is 2.41. The summed E-state index contributed by atoms with van der Waals surface area (Å²) in [7, 11) is 1.65. The van der Waals surface area contributed by atoms with Crippen LogP contribution in [0.3, 0.4) is 0 Å². The zero-order valence-electron chi connectivity index (χ0n) is 10.6. The van der Waals surface area contributed by atoms with E-state index in [1.165, 1.54) is 6.07 Å². The van der Waals surface area contributed by atoms with Crippen LogP contribution < -0.4 is 5.32 Å². The molecular formula is C15H15F2NO. The Hall–Kier alpha value is -1.94. The minimum Gasteiger partial charge on any atom is -0.381 e. The minimum atomic E-state index is -0.849. The van der Waals surface area contributed by atoms with Crippen molar-refractivity contribution in [1.82, 2.24) is 0 Å². The maximum Gasteiger partial charge on any atom is 0.160 e. The van der Waals surface area contributed by atoms with Crippen molar-refractivity contribution < 1.29 is 13.5 Å². The molecule has 0 aliphatic heterocycles. The van der Waals surface area contributed by atoms with E-state index in [0.717, 1.165) is 23.3 Å². The van der Waals surface area contributed by atoms with Gasteiger partial charge in [0.15, 0.2) is 11.6 Å². The summed E-state index contributed by atoms with van der Waals surface area (Å²) in [5.74, 6) is -1.69. The van der Waals surface area contributed by atoms with Gasteiger partial charge in [-0.1, -0.05) is 24.3 Å². The van der Waals surface area contributed by atoms with Crippen molar-refractivity contribution in [2.24, 2.45) is 0 Å². The molecule has 0 saturated carbocycles. The fraction of sp³-hybridized carbons (Fsp3) is 0.200. The molecule has 19 heavy (non-hydrogen) atoms. The highest BCUT2D eigenvalue weighted by atomic mass is 19.2. The molecule has 2 rings (SSSR count). The zero-order valence-corrected chi connectivity index (χ0v) is 10.6. The van der Waals surface area contributed by atoms with Gasteiger partial charge in [-0.05, 0) is 23.3 Å². The summed E-state index contributed by atoms with van der Waals surface area (Å²) < 4.78 is 30.9. The summed E-state index contributed by atoms with van der Waals surface area (Å²) in [5.41, 5.74) is 2.68. The van der Waals surface area contributed by atoms with E-state index in [-0.39, 0.29) is 0 Å². The van der Waals surface area contributed by atoms with Crippen molar-refractivity contribution in [3.05, 3.63) is 65.2 Å². The fourth-order valence-electron chi connectivity index (χ4n) is 1.81. The summed E-state index contributed by atoms with van der Waals surface area (Å²) in [4.78, 5) is 0. The summed E-state index contributed by atoms with van der Waals surface area (Å²) >= 11 is 0. The Labute approximate surface area is 111 Å². The van der Waals surface area contributed by atoms with Gasteiger partial charge in [0, 0.05) is 25.4 Å². The Morgan fingerprint density at radius 1 is 1.00 bits per heavy atom. The second-order valence-electron chi connectivity index (χ2n) is 4.24. The van der Waals surface area contributed by atoms with Crippen LogP contribution in [-0.2, 0) is 17.9 Å². The number of halogens is 2. The van der Waals surface area contributed by atoms with Crippen molar-refractivity contribution in [2.45, 2.75) is 13.2 Å². The zero-order chi connectivity index (χ0) is 13.7. The Kier molecular flexibility index (Phi) is 4.47. The summed E-state index contributed by atoms with van der Waals surface area (Å²) in [5, 5.41) is 3.05. The van der Waals surface area contributed by atoms with Gasteiger partial charge >= 0.3 is 0 Å². The van der Waals surface area contributed by atoms with Crippen molar-refractivity contribution in [1.29, 1.82) is 0 Å². The molecule has 1 N–H and O–H groups in total. The smallest absolute Gasteiger partial charge is 0.160 e. The van der Waals surface area contributed by atoms with Crippen LogP contribution >= 0.6 is 0 Å². The Morgan fingerprint density at radius 3 is 2.53 bits per heavy atom. The third-order valence-electron chi connectivity index (χ3n) is 2.72. The summed E-state index contributed by atoms with van der Waals surface area (Å²) in [6, 6.07) is 11.7. The van der Waals surface area contributed by atoms with Gasteiger partial charge in [0.05, 0.1) is 6.61 Å². The molecule has 0 unspecified atom stereocenters. The van der Waals surface area contributed by atoms with Crippen LogP contribution in [0.25, 0.3) is 0 Å². The molecule has 0 atom stereocenters. The van der Waals surface area contributed by atoms with E-state index in [1.54, 1.807) is 7.11 Å². The van der Waals surface area contributed by atoms with Crippen LogP contribution in [0.5, 0.6) is 0 Å². The first-order valence-electron chi connectivity index (χ1n) is 5.94. The molecular weight excluding hydrogens is 248 g/mol. The number of methoxy groups -OCH3 is 1. The molecule has 0 amide bonds. The molecule has 0 fully saturated rings. The lowest BCUT2D eigenvalue weighted by Gasteiger charge is -2.08. The van der Waals surface area contributed by atoms with Crippen molar-refractivity contribution >= 4 is 5.69 Å². The van der Waals surface area contributed by atoms with Gasteiger partial charge in [0.25, 0.3) is 0 Å². The second-order valence-corrected chi connectivity index (χ2v) is 4.24. The van der Waals surface area contributed by atoms with Gasteiger partial charge < -0.3 is 10.1 Å². The standard InChI is InChI=1S/C15H15F2NO/c1-19-10-12-4-2-3-11(7-12)9-18-13-5-6-14(16)15(17)8-13/h2-8,18H,9-10H2,1H3. The third kappa shape index (κ3) is 3.76. The first kappa shape index (κ1) is 13.5. The molecule has 0 aliphatic carbocycles. The molecule has 0 aromatic heterocycles. The number of hydrogen-bond acceptors (Lipinski definition) is 2. The topological polar surface area (TPSA) is 21.3 Å². The van der Waals surface area contributed by atoms with Gasteiger partial charge in [-0.2, -0.15) is 0 Å². The van der Waals surface area contributed by atoms with Crippen LogP contribution in [0.15, 0.2) is 42.5 Å². The lowest BCUT2D eigenvalue weighted by atomic mass is 10.1. The lowest BCUT2D eigenvalue weighted by Crippen LogP contribution is -2.01. The normalized spacial score (nSPS) is 10.5. The average molecular weight is 263 g/mol. The Morgan fingerprint density at radius 2 is 1.79 bits per heavy atom. The van der Waals surface area contributed by atoms with Crippen LogP contribution in [0.1, 0.15) is 11.1 Å². The fourth-order valence-corrected chi connectivity index (χ4v) is 1.81. The summed E-state index contributed by atoms with van der Waals surface area (Å²) in [6.07, 6.45) is 0. The molecule has 0 radical (unpaired) electrons.